The third kappa shape index (κ3) is 3.45. The topological polar surface area (TPSA) is 49.3 Å². The summed E-state index contributed by atoms with van der Waals surface area (Å²) in [5.74, 6) is -0.167. The maximum Gasteiger partial charge on any atom is 0.252 e. The molecule has 0 aliphatic heterocycles. The standard InChI is InChI=1S/C20H19NO2S/c1-24-19-12-5-4-10-17(19)20(23)21-13-18(22)16-11-6-8-14-7-2-3-9-15(14)16/h2-12,18,22H,13H2,1H3,(H,21,23)/t18-/m1/s1. The van der Waals surface area contributed by atoms with Gasteiger partial charge in [0, 0.05) is 11.4 Å². The van der Waals surface area contributed by atoms with Crippen LogP contribution < -0.4 is 5.32 Å². The molecule has 0 saturated carbocycles. The van der Waals surface area contributed by atoms with Gasteiger partial charge in [0.25, 0.3) is 5.91 Å². The van der Waals surface area contributed by atoms with Gasteiger partial charge in [-0.2, -0.15) is 0 Å². The highest BCUT2D eigenvalue weighted by molar-refractivity contribution is 7.98. The zero-order valence-corrected chi connectivity index (χ0v) is 14.2. The number of aliphatic hydroxyl groups is 1. The van der Waals surface area contributed by atoms with Crippen LogP contribution in [0, 0.1) is 0 Å². The molecule has 0 aromatic heterocycles. The third-order valence-corrected chi connectivity index (χ3v) is 4.79. The van der Waals surface area contributed by atoms with Crippen LogP contribution in [0.2, 0.25) is 0 Å². The molecule has 122 valence electrons. The van der Waals surface area contributed by atoms with Crippen molar-refractivity contribution in [2.75, 3.05) is 12.8 Å². The maximum absolute atomic E-state index is 12.4. The van der Waals surface area contributed by atoms with Crippen LogP contribution in [0.5, 0.6) is 0 Å². The lowest BCUT2D eigenvalue weighted by atomic mass is 10.0. The minimum Gasteiger partial charge on any atom is -0.387 e. The number of benzene rings is 3. The lowest BCUT2D eigenvalue weighted by molar-refractivity contribution is 0.0914. The van der Waals surface area contributed by atoms with Crippen molar-refractivity contribution in [1.29, 1.82) is 0 Å². The van der Waals surface area contributed by atoms with E-state index in [-0.39, 0.29) is 12.5 Å². The molecule has 0 aliphatic carbocycles. The summed E-state index contributed by atoms with van der Waals surface area (Å²) in [7, 11) is 0. The van der Waals surface area contributed by atoms with Crippen LogP contribution in [0.3, 0.4) is 0 Å². The van der Waals surface area contributed by atoms with E-state index in [1.807, 2.05) is 66.9 Å². The molecule has 3 aromatic rings. The SMILES string of the molecule is CSc1ccccc1C(=O)NC[C@@H](O)c1cccc2ccccc12. The largest absolute Gasteiger partial charge is 0.387 e. The molecule has 4 heteroatoms. The van der Waals surface area contributed by atoms with Gasteiger partial charge in [-0.25, -0.2) is 0 Å². The van der Waals surface area contributed by atoms with Gasteiger partial charge >= 0.3 is 0 Å². The first-order valence-corrected chi connectivity index (χ1v) is 9.00. The number of amides is 1. The second-order valence-electron chi connectivity index (χ2n) is 5.49. The van der Waals surface area contributed by atoms with E-state index in [2.05, 4.69) is 5.32 Å². The van der Waals surface area contributed by atoms with E-state index in [0.717, 1.165) is 21.2 Å². The number of rotatable bonds is 5. The molecular formula is C20H19NO2S. The van der Waals surface area contributed by atoms with Crippen LogP contribution >= 0.6 is 11.8 Å². The summed E-state index contributed by atoms with van der Waals surface area (Å²) >= 11 is 1.53. The molecule has 0 aliphatic rings. The fraction of sp³-hybridized carbons (Fsp3) is 0.150. The molecule has 24 heavy (non-hydrogen) atoms. The first kappa shape index (κ1) is 16.6. The van der Waals surface area contributed by atoms with E-state index >= 15 is 0 Å². The van der Waals surface area contributed by atoms with Crippen molar-refractivity contribution in [3.8, 4) is 0 Å². The Morgan fingerprint density at radius 3 is 2.58 bits per heavy atom. The Labute approximate surface area is 145 Å². The van der Waals surface area contributed by atoms with Gasteiger partial charge in [-0.15, -0.1) is 11.8 Å². The highest BCUT2D eigenvalue weighted by Crippen LogP contribution is 2.24. The number of hydrogen-bond acceptors (Lipinski definition) is 3. The summed E-state index contributed by atoms with van der Waals surface area (Å²) in [6.45, 7) is 0.176. The molecule has 0 spiro atoms. The number of thioether (sulfide) groups is 1. The molecule has 0 unspecified atom stereocenters. The van der Waals surface area contributed by atoms with E-state index in [4.69, 9.17) is 0 Å². The van der Waals surface area contributed by atoms with Gasteiger partial charge in [-0.3, -0.25) is 4.79 Å². The highest BCUT2D eigenvalue weighted by atomic mass is 32.2. The molecule has 3 nitrogen and oxygen atoms in total. The molecular weight excluding hydrogens is 318 g/mol. The van der Waals surface area contributed by atoms with Crippen LogP contribution in [0.15, 0.2) is 71.6 Å². The Balaban J connectivity index is 1.75. The van der Waals surface area contributed by atoms with E-state index in [0.29, 0.717) is 5.56 Å². The first-order chi connectivity index (χ1) is 11.7. The zero-order valence-electron chi connectivity index (χ0n) is 13.4. The van der Waals surface area contributed by atoms with E-state index in [9.17, 15) is 9.90 Å². The second-order valence-corrected chi connectivity index (χ2v) is 6.34. The molecule has 1 amide bonds. The van der Waals surface area contributed by atoms with Crippen molar-refractivity contribution < 1.29 is 9.90 Å². The van der Waals surface area contributed by atoms with Gasteiger partial charge in [0.15, 0.2) is 0 Å². The number of carbonyl (C=O) groups is 1. The number of aliphatic hydroxyl groups excluding tert-OH is 1. The summed E-state index contributed by atoms with van der Waals surface area (Å²) in [5.41, 5.74) is 1.46. The van der Waals surface area contributed by atoms with Crippen molar-refractivity contribution >= 4 is 28.4 Å². The highest BCUT2D eigenvalue weighted by Gasteiger charge is 2.14. The molecule has 1 atom stereocenters. The Hall–Kier alpha value is -2.30. The molecule has 0 heterocycles. The van der Waals surface area contributed by atoms with E-state index in [1.165, 1.54) is 11.8 Å². The van der Waals surface area contributed by atoms with Gasteiger partial charge in [0.05, 0.1) is 11.7 Å². The minimum absolute atomic E-state index is 0.167. The summed E-state index contributed by atoms with van der Waals surface area (Å²) in [5, 5.41) is 15.4. The van der Waals surface area contributed by atoms with Crippen LogP contribution in [0.4, 0.5) is 0 Å². The van der Waals surface area contributed by atoms with E-state index < -0.39 is 6.10 Å². The van der Waals surface area contributed by atoms with Crippen LogP contribution in [0.25, 0.3) is 10.8 Å². The Morgan fingerprint density at radius 2 is 1.75 bits per heavy atom. The minimum atomic E-state index is -0.749. The summed E-state index contributed by atoms with van der Waals surface area (Å²) in [6, 6.07) is 21.2. The predicted molar refractivity (Wildman–Crippen MR) is 99.5 cm³/mol. The molecule has 3 rings (SSSR count). The van der Waals surface area contributed by atoms with Crippen molar-refractivity contribution in [2.24, 2.45) is 0 Å². The lowest BCUT2D eigenvalue weighted by Crippen LogP contribution is -2.28. The van der Waals surface area contributed by atoms with Gasteiger partial charge in [0.1, 0.15) is 0 Å². The normalized spacial score (nSPS) is 12.1. The molecule has 0 radical (unpaired) electrons. The van der Waals surface area contributed by atoms with Crippen molar-refractivity contribution in [2.45, 2.75) is 11.0 Å². The lowest BCUT2D eigenvalue weighted by Gasteiger charge is -2.15. The molecule has 0 saturated heterocycles. The van der Waals surface area contributed by atoms with Crippen LogP contribution in [-0.2, 0) is 0 Å². The Kier molecular flexibility index (Phi) is 5.18. The van der Waals surface area contributed by atoms with Crippen molar-refractivity contribution in [1.82, 2.24) is 5.32 Å². The third-order valence-electron chi connectivity index (χ3n) is 3.99. The van der Waals surface area contributed by atoms with Gasteiger partial charge in [-0.1, -0.05) is 54.6 Å². The first-order valence-electron chi connectivity index (χ1n) is 7.77. The summed E-state index contributed by atoms with van der Waals surface area (Å²) < 4.78 is 0. The van der Waals surface area contributed by atoms with E-state index in [1.54, 1.807) is 6.07 Å². The van der Waals surface area contributed by atoms with Gasteiger partial charge in [-0.05, 0) is 34.7 Å². The molecule has 0 bridgehead atoms. The fourth-order valence-electron chi connectivity index (χ4n) is 2.77. The summed E-state index contributed by atoms with van der Waals surface area (Å²) in [4.78, 5) is 13.3. The number of fused-ring (bicyclic) bond motifs is 1. The van der Waals surface area contributed by atoms with Crippen molar-refractivity contribution in [3.63, 3.8) is 0 Å². The Morgan fingerprint density at radius 1 is 1.04 bits per heavy atom. The number of hydrogen-bond donors (Lipinski definition) is 2. The quantitative estimate of drug-likeness (QED) is 0.691. The number of nitrogens with one attached hydrogen (secondary N) is 1. The monoisotopic (exact) mass is 337 g/mol. The maximum atomic E-state index is 12.4. The Bertz CT molecular complexity index is 858. The van der Waals surface area contributed by atoms with Gasteiger partial charge in [0.2, 0.25) is 0 Å². The average molecular weight is 337 g/mol. The van der Waals surface area contributed by atoms with Crippen LogP contribution in [-0.4, -0.2) is 23.8 Å². The van der Waals surface area contributed by atoms with Crippen molar-refractivity contribution in [3.05, 3.63) is 77.9 Å². The fourth-order valence-corrected chi connectivity index (χ4v) is 3.36. The number of carbonyl (C=O) groups excluding carboxylic acids is 1. The van der Waals surface area contributed by atoms with Crippen LogP contribution in [0.1, 0.15) is 22.0 Å². The second kappa shape index (κ2) is 7.51. The van der Waals surface area contributed by atoms with Gasteiger partial charge < -0.3 is 10.4 Å². The average Bonchev–Trinajstić information content (AvgIpc) is 2.65. The molecule has 3 aromatic carbocycles. The summed E-state index contributed by atoms with van der Waals surface area (Å²) in [6.07, 6.45) is 1.19. The molecule has 2 N–H and O–H groups in total. The zero-order chi connectivity index (χ0) is 16.9. The predicted octanol–water partition coefficient (Wildman–Crippen LogP) is 4.03. The smallest absolute Gasteiger partial charge is 0.252 e. The molecule has 0 fully saturated rings.